The first-order valence-corrected chi connectivity index (χ1v) is 9.50. The normalized spacial score (nSPS) is 18.8. The average molecular weight is 391 g/mol. The lowest BCUT2D eigenvalue weighted by molar-refractivity contribution is -0.148. The zero-order valence-electron chi connectivity index (χ0n) is 15.9. The molecule has 2 N–H and O–H groups in total. The second-order valence-electron chi connectivity index (χ2n) is 6.86. The van der Waals surface area contributed by atoms with Gasteiger partial charge < -0.3 is 19.9 Å². The Bertz CT molecular complexity index is 1030. The van der Waals surface area contributed by atoms with Crippen molar-refractivity contribution in [2.75, 3.05) is 18.1 Å². The first kappa shape index (κ1) is 18.7. The number of carbonyl (C=O) groups is 3. The van der Waals surface area contributed by atoms with Crippen molar-refractivity contribution in [3.05, 3.63) is 66.4 Å². The molecule has 0 radical (unpaired) electrons. The molecule has 7 nitrogen and oxygen atoms in total. The maximum Gasteiger partial charge on any atom is 0.313 e. The summed E-state index contributed by atoms with van der Waals surface area (Å²) in [6.07, 6.45) is 0. The number of esters is 1. The number of hydrogen-bond acceptors (Lipinski definition) is 4. The van der Waals surface area contributed by atoms with Crippen LogP contribution >= 0.6 is 0 Å². The van der Waals surface area contributed by atoms with E-state index < -0.39 is 23.8 Å². The lowest BCUT2D eigenvalue weighted by atomic mass is 10.0. The van der Waals surface area contributed by atoms with Crippen LogP contribution in [-0.4, -0.2) is 42.0 Å². The molecule has 0 bridgehead atoms. The predicted octanol–water partition coefficient (Wildman–Crippen LogP) is 2.49. The highest BCUT2D eigenvalue weighted by molar-refractivity contribution is 6.07. The number of fused-ring (bicyclic) bond motifs is 1. The van der Waals surface area contributed by atoms with Crippen molar-refractivity contribution in [1.29, 1.82) is 0 Å². The maximum atomic E-state index is 13.1. The number of anilines is 1. The van der Waals surface area contributed by atoms with Crippen molar-refractivity contribution in [3.8, 4) is 0 Å². The van der Waals surface area contributed by atoms with Gasteiger partial charge in [-0.1, -0.05) is 36.4 Å². The number of benzene rings is 2. The Kier molecular flexibility index (Phi) is 5.03. The largest absolute Gasteiger partial charge is 0.466 e. The van der Waals surface area contributed by atoms with E-state index in [1.54, 1.807) is 25.1 Å². The van der Waals surface area contributed by atoms with Crippen molar-refractivity contribution in [3.63, 3.8) is 0 Å². The maximum absolute atomic E-state index is 13.1. The van der Waals surface area contributed by atoms with E-state index in [-0.39, 0.29) is 19.1 Å². The molecule has 2 aromatic carbocycles. The van der Waals surface area contributed by atoms with Gasteiger partial charge in [0.25, 0.3) is 11.8 Å². The number of aromatic amines is 1. The van der Waals surface area contributed by atoms with Crippen LogP contribution in [0.1, 0.15) is 17.4 Å². The molecule has 3 aromatic rings. The molecule has 0 spiro atoms. The minimum atomic E-state index is -0.992. The fourth-order valence-corrected chi connectivity index (χ4v) is 3.61. The Balaban J connectivity index is 1.60. The fourth-order valence-electron chi connectivity index (χ4n) is 3.61. The molecular weight excluding hydrogens is 370 g/mol. The zero-order valence-corrected chi connectivity index (χ0v) is 15.9. The summed E-state index contributed by atoms with van der Waals surface area (Å²) >= 11 is 0. The molecule has 0 aliphatic carbocycles. The Morgan fingerprint density at radius 3 is 2.59 bits per heavy atom. The standard InChI is InChI=1S/C22H21N3O4/c1-2-29-22(28)16-13-25(15-9-4-3-5-10-15)21(27)19(16)24-20(26)18-12-14-8-6-7-11-17(14)23-18/h3-12,16,19,23H,2,13H2,1H3,(H,24,26). The second kappa shape index (κ2) is 7.79. The van der Waals surface area contributed by atoms with E-state index >= 15 is 0 Å². The van der Waals surface area contributed by atoms with Gasteiger partial charge >= 0.3 is 5.97 Å². The van der Waals surface area contributed by atoms with E-state index in [9.17, 15) is 14.4 Å². The number of ether oxygens (including phenoxy) is 1. The van der Waals surface area contributed by atoms with Crippen LogP contribution in [0.5, 0.6) is 0 Å². The van der Waals surface area contributed by atoms with Gasteiger partial charge in [0, 0.05) is 23.1 Å². The van der Waals surface area contributed by atoms with E-state index in [4.69, 9.17) is 4.74 Å². The summed E-state index contributed by atoms with van der Waals surface area (Å²) in [7, 11) is 0. The van der Waals surface area contributed by atoms with E-state index in [1.807, 2.05) is 42.5 Å². The fraction of sp³-hybridized carbons (Fsp3) is 0.227. The van der Waals surface area contributed by atoms with Gasteiger partial charge in [0.2, 0.25) is 0 Å². The molecule has 1 aliphatic rings. The van der Waals surface area contributed by atoms with Gasteiger partial charge in [0.15, 0.2) is 0 Å². The molecule has 29 heavy (non-hydrogen) atoms. The first-order chi connectivity index (χ1) is 14.1. The Hall–Kier alpha value is -3.61. The molecule has 2 heterocycles. The molecule has 1 saturated heterocycles. The third kappa shape index (κ3) is 3.59. The summed E-state index contributed by atoms with van der Waals surface area (Å²) < 4.78 is 5.15. The van der Waals surface area contributed by atoms with Gasteiger partial charge in [-0.2, -0.15) is 0 Å². The quantitative estimate of drug-likeness (QED) is 0.654. The van der Waals surface area contributed by atoms with Crippen LogP contribution < -0.4 is 10.2 Å². The van der Waals surface area contributed by atoms with Gasteiger partial charge in [-0.05, 0) is 31.2 Å². The number of nitrogens with one attached hydrogen (secondary N) is 2. The van der Waals surface area contributed by atoms with E-state index in [2.05, 4.69) is 10.3 Å². The highest BCUT2D eigenvalue weighted by Crippen LogP contribution is 2.27. The van der Waals surface area contributed by atoms with Crippen molar-refractivity contribution < 1.29 is 19.1 Å². The molecule has 0 saturated carbocycles. The third-order valence-corrected chi connectivity index (χ3v) is 5.03. The number of hydrogen-bond donors (Lipinski definition) is 2. The van der Waals surface area contributed by atoms with Crippen molar-refractivity contribution >= 4 is 34.4 Å². The van der Waals surface area contributed by atoms with Gasteiger partial charge in [-0.3, -0.25) is 14.4 Å². The molecule has 2 atom stereocenters. The van der Waals surface area contributed by atoms with Gasteiger partial charge in [-0.25, -0.2) is 0 Å². The highest BCUT2D eigenvalue weighted by Gasteiger charge is 2.46. The number of amides is 2. The number of nitrogens with zero attached hydrogens (tertiary/aromatic N) is 1. The molecule has 4 rings (SSSR count). The first-order valence-electron chi connectivity index (χ1n) is 9.50. The zero-order chi connectivity index (χ0) is 20.4. The summed E-state index contributed by atoms with van der Waals surface area (Å²) in [6.45, 7) is 2.07. The van der Waals surface area contributed by atoms with Crippen molar-refractivity contribution in [2.24, 2.45) is 5.92 Å². The number of para-hydroxylation sites is 2. The number of H-pyrrole nitrogens is 1. The molecule has 1 aliphatic heterocycles. The van der Waals surface area contributed by atoms with Crippen LogP contribution in [0.4, 0.5) is 5.69 Å². The lowest BCUT2D eigenvalue weighted by Crippen LogP contribution is -2.46. The van der Waals surface area contributed by atoms with Crippen LogP contribution in [0.15, 0.2) is 60.7 Å². The molecule has 2 unspecified atom stereocenters. The van der Waals surface area contributed by atoms with Crippen molar-refractivity contribution in [2.45, 2.75) is 13.0 Å². The van der Waals surface area contributed by atoms with E-state index in [1.165, 1.54) is 4.90 Å². The molecule has 148 valence electrons. The Morgan fingerprint density at radius 2 is 1.86 bits per heavy atom. The monoisotopic (exact) mass is 391 g/mol. The third-order valence-electron chi connectivity index (χ3n) is 5.03. The SMILES string of the molecule is CCOC(=O)C1CN(c2ccccc2)C(=O)C1NC(=O)c1cc2ccccc2[nH]1. The van der Waals surface area contributed by atoms with Gasteiger partial charge in [0.05, 0.1) is 6.61 Å². The summed E-state index contributed by atoms with van der Waals surface area (Å²) in [5.41, 5.74) is 1.83. The minimum Gasteiger partial charge on any atom is -0.466 e. The van der Waals surface area contributed by atoms with Crippen LogP contribution in [0, 0.1) is 5.92 Å². The number of aromatic nitrogens is 1. The van der Waals surface area contributed by atoms with E-state index in [0.717, 1.165) is 10.9 Å². The topological polar surface area (TPSA) is 91.5 Å². The second-order valence-corrected chi connectivity index (χ2v) is 6.86. The minimum absolute atomic E-state index is 0.152. The van der Waals surface area contributed by atoms with Crippen molar-refractivity contribution in [1.82, 2.24) is 10.3 Å². The predicted molar refractivity (Wildman–Crippen MR) is 108 cm³/mol. The lowest BCUT2D eigenvalue weighted by Gasteiger charge is -2.17. The summed E-state index contributed by atoms with van der Waals surface area (Å²) in [5.74, 6) is -2.06. The number of rotatable bonds is 5. The Morgan fingerprint density at radius 1 is 1.14 bits per heavy atom. The smallest absolute Gasteiger partial charge is 0.313 e. The van der Waals surface area contributed by atoms with Crippen LogP contribution in [-0.2, 0) is 14.3 Å². The highest BCUT2D eigenvalue weighted by atomic mass is 16.5. The summed E-state index contributed by atoms with van der Waals surface area (Å²) in [5, 5.41) is 3.62. The van der Waals surface area contributed by atoms with Gasteiger partial charge in [-0.15, -0.1) is 0 Å². The molecule has 1 aromatic heterocycles. The number of carbonyl (C=O) groups excluding carboxylic acids is 3. The molecule has 2 amide bonds. The average Bonchev–Trinajstić information content (AvgIpc) is 3.31. The summed E-state index contributed by atoms with van der Waals surface area (Å²) in [6, 6.07) is 17.3. The van der Waals surface area contributed by atoms with Crippen LogP contribution in [0.2, 0.25) is 0 Å². The Labute approximate surface area is 167 Å². The summed E-state index contributed by atoms with van der Waals surface area (Å²) in [4.78, 5) is 42.9. The molecular formula is C22H21N3O4. The van der Waals surface area contributed by atoms with Gasteiger partial charge in [0.1, 0.15) is 17.7 Å². The molecule has 7 heteroatoms. The van der Waals surface area contributed by atoms with Crippen LogP contribution in [0.25, 0.3) is 10.9 Å². The van der Waals surface area contributed by atoms with Crippen LogP contribution in [0.3, 0.4) is 0 Å². The molecule has 1 fully saturated rings. The van der Waals surface area contributed by atoms with E-state index in [0.29, 0.717) is 11.4 Å².